The summed E-state index contributed by atoms with van der Waals surface area (Å²) in [5.41, 5.74) is 3.04. The zero-order valence-corrected chi connectivity index (χ0v) is 19.7. The molecule has 2 aromatic carbocycles. The summed E-state index contributed by atoms with van der Waals surface area (Å²) < 4.78 is 27.7. The van der Waals surface area contributed by atoms with Crippen molar-refractivity contribution < 1.29 is 13.2 Å². The molecule has 11 heteroatoms. The second-order valence-electron chi connectivity index (χ2n) is 6.57. The monoisotopic (exact) mass is 532 g/mol. The number of sulfonamides is 1. The fraction of sp³-hybridized carbons (Fsp3) is 0.263. The third-order valence-corrected chi connectivity index (χ3v) is 7.80. The molecule has 0 atom stereocenters. The highest BCUT2D eigenvalue weighted by atomic mass is 79.9. The van der Waals surface area contributed by atoms with E-state index >= 15 is 0 Å². The van der Waals surface area contributed by atoms with Crippen LogP contribution in [0.1, 0.15) is 5.56 Å². The molecule has 0 aliphatic carbocycles. The van der Waals surface area contributed by atoms with E-state index in [-0.39, 0.29) is 17.3 Å². The summed E-state index contributed by atoms with van der Waals surface area (Å²) in [6.45, 7) is 1.65. The first-order valence-corrected chi connectivity index (χ1v) is 12.0. The van der Waals surface area contributed by atoms with Gasteiger partial charge in [0.2, 0.25) is 10.0 Å². The molecule has 0 unspecified atom stereocenters. The summed E-state index contributed by atoms with van der Waals surface area (Å²) in [5, 5.41) is 4.67. The third kappa shape index (κ3) is 5.81. The standard InChI is InChI=1S/C19H19BrCl2N4O3S/c20-15-4-6-16(7-5-15)30(28,29)26-10-8-25(9-11-26)13-18(27)24-23-12-14-2-1-3-17(21)19(14)22/h1-7,12H,8-11,13H2,(H,24,27)/b23-12+. The van der Waals surface area contributed by atoms with Crippen molar-refractivity contribution in [2.75, 3.05) is 32.7 Å². The summed E-state index contributed by atoms with van der Waals surface area (Å²) in [6.07, 6.45) is 1.43. The average Bonchev–Trinajstić information content (AvgIpc) is 2.72. The lowest BCUT2D eigenvalue weighted by molar-refractivity contribution is -0.122. The van der Waals surface area contributed by atoms with E-state index in [1.807, 2.05) is 4.90 Å². The maximum atomic E-state index is 12.7. The Hall–Kier alpha value is -1.49. The van der Waals surface area contributed by atoms with Crippen LogP contribution in [0.3, 0.4) is 0 Å². The number of nitrogens with one attached hydrogen (secondary N) is 1. The molecule has 1 aliphatic rings. The van der Waals surface area contributed by atoms with Crippen LogP contribution in [0.25, 0.3) is 0 Å². The molecule has 1 fully saturated rings. The molecule has 1 N–H and O–H groups in total. The van der Waals surface area contributed by atoms with E-state index in [4.69, 9.17) is 23.2 Å². The van der Waals surface area contributed by atoms with Gasteiger partial charge in [-0.2, -0.15) is 9.41 Å². The van der Waals surface area contributed by atoms with Crippen LogP contribution in [-0.4, -0.2) is 62.5 Å². The Morgan fingerprint density at radius 3 is 2.43 bits per heavy atom. The number of rotatable bonds is 6. The average molecular weight is 534 g/mol. The molecular formula is C19H19BrCl2N4O3S. The van der Waals surface area contributed by atoms with Gasteiger partial charge in [0.25, 0.3) is 5.91 Å². The Labute approximate surface area is 193 Å². The van der Waals surface area contributed by atoms with Crippen LogP contribution in [0, 0.1) is 0 Å². The number of nitrogens with zero attached hydrogens (tertiary/aromatic N) is 3. The minimum absolute atomic E-state index is 0.118. The minimum Gasteiger partial charge on any atom is -0.292 e. The van der Waals surface area contributed by atoms with Crippen LogP contribution in [0.5, 0.6) is 0 Å². The lowest BCUT2D eigenvalue weighted by Crippen LogP contribution is -2.50. The zero-order valence-electron chi connectivity index (χ0n) is 15.8. The van der Waals surface area contributed by atoms with Crippen molar-refractivity contribution in [2.45, 2.75) is 4.90 Å². The van der Waals surface area contributed by atoms with E-state index < -0.39 is 10.0 Å². The second kappa shape index (κ2) is 10.2. The Bertz CT molecular complexity index is 1040. The number of benzene rings is 2. The van der Waals surface area contributed by atoms with Crippen molar-refractivity contribution in [3.05, 3.63) is 62.5 Å². The van der Waals surface area contributed by atoms with Gasteiger partial charge in [0.15, 0.2) is 0 Å². The van der Waals surface area contributed by atoms with Crippen molar-refractivity contribution in [2.24, 2.45) is 5.10 Å². The van der Waals surface area contributed by atoms with E-state index in [1.54, 1.807) is 42.5 Å². The van der Waals surface area contributed by atoms with Gasteiger partial charge in [-0.05, 0) is 30.3 Å². The first kappa shape index (κ1) is 23.2. The summed E-state index contributed by atoms with van der Waals surface area (Å²) in [5.74, 6) is -0.298. The molecule has 30 heavy (non-hydrogen) atoms. The number of hydrogen-bond acceptors (Lipinski definition) is 5. The number of halogens is 3. The fourth-order valence-electron chi connectivity index (χ4n) is 2.92. The van der Waals surface area contributed by atoms with Gasteiger partial charge >= 0.3 is 0 Å². The Balaban J connectivity index is 1.49. The van der Waals surface area contributed by atoms with Gasteiger partial charge in [-0.25, -0.2) is 13.8 Å². The quantitative estimate of drug-likeness (QED) is 0.456. The molecule has 2 aromatic rings. The molecule has 1 heterocycles. The fourth-order valence-corrected chi connectivity index (χ4v) is 4.96. The Kier molecular flexibility index (Phi) is 7.89. The minimum atomic E-state index is -3.54. The van der Waals surface area contributed by atoms with Gasteiger partial charge < -0.3 is 0 Å². The zero-order chi connectivity index (χ0) is 21.7. The largest absolute Gasteiger partial charge is 0.292 e. The SMILES string of the molecule is O=C(CN1CCN(S(=O)(=O)c2ccc(Br)cc2)CC1)N/N=C/c1cccc(Cl)c1Cl. The van der Waals surface area contributed by atoms with Gasteiger partial charge in [-0.1, -0.05) is 51.3 Å². The van der Waals surface area contributed by atoms with Crippen LogP contribution < -0.4 is 5.43 Å². The molecule has 1 aliphatic heterocycles. The Morgan fingerprint density at radius 2 is 1.77 bits per heavy atom. The molecule has 1 saturated heterocycles. The van der Waals surface area contributed by atoms with Gasteiger partial charge in [0.1, 0.15) is 0 Å². The van der Waals surface area contributed by atoms with Crippen LogP contribution in [0.15, 0.2) is 56.9 Å². The maximum Gasteiger partial charge on any atom is 0.254 e. The first-order valence-electron chi connectivity index (χ1n) is 9.01. The molecule has 3 rings (SSSR count). The number of hydrogen-bond donors (Lipinski definition) is 1. The molecule has 0 bridgehead atoms. The van der Waals surface area contributed by atoms with Crippen molar-refractivity contribution in [3.63, 3.8) is 0 Å². The summed E-state index contributed by atoms with van der Waals surface area (Å²) in [7, 11) is -3.54. The first-order chi connectivity index (χ1) is 14.3. The number of hydrazone groups is 1. The van der Waals surface area contributed by atoms with Gasteiger partial charge in [-0.3, -0.25) is 9.69 Å². The molecule has 0 radical (unpaired) electrons. The molecule has 0 spiro atoms. The highest BCUT2D eigenvalue weighted by Gasteiger charge is 2.28. The van der Waals surface area contributed by atoms with Crippen LogP contribution in [-0.2, 0) is 14.8 Å². The highest BCUT2D eigenvalue weighted by Crippen LogP contribution is 2.24. The predicted molar refractivity (Wildman–Crippen MR) is 122 cm³/mol. The van der Waals surface area contributed by atoms with Crippen LogP contribution >= 0.6 is 39.1 Å². The number of carbonyl (C=O) groups excluding carboxylic acids is 1. The number of amides is 1. The highest BCUT2D eigenvalue weighted by molar-refractivity contribution is 9.10. The molecule has 7 nitrogen and oxygen atoms in total. The maximum absolute atomic E-state index is 12.7. The van der Waals surface area contributed by atoms with Gasteiger partial charge in [-0.15, -0.1) is 0 Å². The van der Waals surface area contributed by atoms with Crippen LogP contribution in [0.4, 0.5) is 0 Å². The van der Waals surface area contributed by atoms with Crippen molar-refractivity contribution in [1.82, 2.24) is 14.6 Å². The lowest BCUT2D eigenvalue weighted by atomic mass is 10.2. The van der Waals surface area contributed by atoms with Gasteiger partial charge in [0, 0.05) is 36.2 Å². The predicted octanol–water partition coefficient (Wildman–Crippen LogP) is 3.21. The van der Waals surface area contributed by atoms with E-state index in [9.17, 15) is 13.2 Å². The summed E-state index contributed by atoms with van der Waals surface area (Å²) in [4.78, 5) is 14.3. The summed E-state index contributed by atoms with van der Waals surface area (Å²) in [6, 6.07) is 11.7. The normalized spacial score (nSPS) is 16.1. The third-order valence-electron chi connectivity index (χ3n) is 4.52. The van der Waals surface area contributed by atoms with E-state index in [0.717, 1.165) is 4.47 Å². The van der Waals surface area contributed by atoms with Crippen LogP contribution in [0.2, 0.25) is 10.0 Å². The molecule has 160 valence electrons. The van der Waals surface area contributed by atoms with E-state index in [2.05, 4.69) is 26.5 Å². The smallest absolute Gasteiger partial charge is 0.254 e. The van der Waals surface area contributed by atoms with Gasteiger partial charge in [0.05, 0.1) is 27.7 Å². The van der Waals surface area contributed by atoms with Crippen molar-refractivity contribution in [1.29, 1.82) is 0 Å². The number of carbonyl (C=O) groups is 1. The molecule has 0 saturated carbocycles. The molecule has 0 aromatic heterocycles. The second-order valence-corrected chi connectivity index (χ2v) is 10.2. The summed E-state index contributed by atoms with van der Waals surface area (Å²) >= 11 is 15.3. The number of piperazine rings is 1. The molecule has 1 amide bonds. The topological polar surface area (TPSA) is 82.1 Å². The van der Waals surface area contributed by atoms with E-state index in [0.29, 0.717) is 41.8 Å². The Morgan fingerprint density at radius 1 is 1.10 bits per heavy atom. The molecular weight excluding hydrogens is 515 g/mol. The lowest BCUT2D eigenvalue weighted by Gasteiger charge is -2.33. The van der Waals surface area contributed by atoms with E-state index in [1.165, 1.54) is 10.5 Å². The van der Waals surface area contributed by atoms with Crippen molar-refractivity contribution in [3.8, 4) is 0 Å². The van der Waals surface area contributed by atoms with Crippen molar-refractivity contribution >= 4 is 61.3 Å².